The molecule has 1 aromatic carbocycles. The van der Waals surface area contributed by atoms with Crippen LogP contribution in [-0.4, -0.2) is 16.2 Å². The van der Waals surface area contributed by atoms with E-state index in [1.54, 1.807) is 0 Å². The van der Waals surface area contributed by atoms with E-state index in [0.717, 1.165) is 25.0 Å². The highest BCUT2D eigenvalue weighted by Gasteiger charge is 2.45. The molecular formula is C14H12BrClF3NO. The van der Waals surface area contributed by atoms with Crippen molar-refractivity contribution in [2.45, 2.75) is 36.3 Å². The second-order valence-corrected chi connectivity index (χ2v) is 7.01. The van der Waals surface area contributed by atoms with Gasteiger partial charge in [-0.2, -0.15) is 13.2 Å². The zero-order valence-electron chi connectivity index (χ0n) is 10.8. The molecule has 7 heteroatoms. The molecule has 21 heavy (non-hydrogen) atoms. The van der Waals surface area contributed by atoms with Gasteiger partial charge in [0.15, 0.2) is 0 Å². The molecule has 0 radical (unpaired) electrons. The molecular weight excluding hydrogens is 371 g/mol. The molecule has 1 aromatic rings. The van der Waals surface area contributed by atoms with E-state index < -0.39 is 17.1 Å². The van der Waals surface area contributed by atoms with E-state index in [0.29, 0.717) is 23.6 Å². The van der Waals surface area contributed by atoms with E-state index in [-0.39, 0.29) is 10.9 Å². The fourth-order valence-corrected chi connectivity index (χ4v) is 4.19. The molecule has 2 nitrogen and oxygen atoms in total. The van der Waals surface area contributed by atoms with E-state index >= 15 is 0 Å². The Labute approximate surface area is 133 Å². The third-order valence-electron chi connectivity index (χ3n) is 4.04. The van der Waals surface area contributed by atoms with Gasteiger partial charge in [0, 0.05) is 10.5 Å². The van der Waals surface area contributed by atoms with Crippen LogP contribution in [0.25, 0.3) is 0 Å². The van der Waals surface area contributed by atoms with Crippen LogP contribution in [0.2, 0.25) is 0 Å². The van der Waals surface area contributed by atoms with Crippen LogP contribution >= 0.6 is 27.5 Å². The Balaban J connectivity index is 2.05. The Morgan fingerprint density at radius 3 is 2.52 bits per heavy atom. The van der Waals surface area contributed by atoms with Gasteiger partial charge in [0.25, 0.3) is 0 Å². The minimum absolute atomic E-state index is 0.0799. The van der Waals surface area contributed by atoms with Crippen molar-refractivity contribution in [3.8, 4) is 0 Å². The summed E-state index contributed by atoms with van der Waals surface area (Å²) >= 11 is 9.21. The van der Waals surface area contributed by atoms with Gasteiger partial charge in [0.2, 0.25) is 0 Å². The molecule has 1 saturated carbocycles. The van der Waals surface area contributed by atoms with Crippen LogP contribution in [0.3, 0.4) is 0 Å². The summed E-state index contributed by atoms with van der Waals surface area (Å²) in [6, 6.07) is 3.38. The molecule has 2 atom stereocenters. The van der Waals surface area contributed by atoms with Gasteiger partial charge >= 0.3 is 11.5 Å². The number of hydrogen-bond donors (Lipinski definition) is 0. The number of carbonyl (C=O) groups is 1. The maximum Gasteiger partial charge on any atom is 0.416 e. The number of halogens is 5. The molecule has 1 fully saturated rings. The first-order valence-electron chi connectivity index (χ1n) is 6.62. The predicted molar refractivity (Wildman–Crippen MR) is 78.1 cm³/mol. The smallest absolute Gasteiger partial charge is 0.294 e. The van der Waals surface area contributed by atoms with Crippen molar-refractivity contribution in [3.05, 3.63) is 29.3 Å². The average molecular weight is 383 g/mol. The van der Waals surface area contributed by atoms with Crippen molar-refractivity contribution in [3.63, 3.8) is 0 Å². The summed E-state index contributed by atoms with van der Waals surface area (Å²) in [7, 11) is 0. The van der Waals surface area contributed by atoms with Crippen molar-refractivity contribution in [2.75, 3.05) is 4.90 Å². The minimum atomic E-state index is -4.39. The summed E-state index contributed by atoms with van der Waals surface area (Å²) < 4.78 is 38.4. The molecule has 1 aliphatic carbocycles. The predicted octanol–water partition coefficient (Wildman–Crippen LogP) is 4.97. The first-order chi connectivity index (χ1) is 9.79. The number of carbonyl (C=O) groups excluding carboxylic acids is 1. The number of rotatable bonds is 1. The Morgan fingerprint density at radius 1 is 1.33 bits per heavy atom. The Kier molecular flexibility index (Phi) is 3.72. The monoisotopic (exact) mass is 381 g/mol. The van der Waals surface area contributed by atoms with Crippen molar-refractivity contribution in [1.29, 1.82) is 0 Å². The lowest BCUT2D eigenvalue weighted by Crippen LogP contribution is -2.49. The highest BCUT2D eigenvalue weighted by Crippen LogP contribution is 2.46. The maximum absolute atomic E-state index is 12.8. The van der Waals surface area contributed by atoms with Crippen LogP contribution in [0.1, 0.15) is 24.0 Å². The van der Waals surface area contributed by atoms with Gasteiger partial charge in [-0.3, -0.25) is 9.69 Å². The van der Waals surface area contributed by atoms with Gasteiger partial charge in [-0.25, -0.2) is 0 Å². The quantitative estimate of drug-likeness (QED) is 0.381. The summed E-state index contributed by atoms with van der Waals surface area (Å²) in [5.74, 6) is 0.368. The average Bonchev–Trinajstić information content (AvgIpc) is 3.19. The van der Waals surface area contributed by atoms with Crippen LogP contribution in [0, 0.1) is 5.92 Å². The summed E-state index contributed by atoms with van der Waals surface area (Å²) in [5, 5.41) is -0.642. The second kappa shape index (κ2) is 5.16. The van der Waals surface area contributed by atoms with E-state index in [4.69, 9.17) is 11.6 Å². The Morgan fingerprint density at radius 2 is 2.00 bits per heavy atom. The molecule has 1 aliphatic heterocycles. The first kappa shape index (κ1) is 15.2. The zero-order valence-corrected chi connectivity index (χ0v) is 13.2. The number of fused-ring (bicyclic) bond motifs is 1. The van der Waals surface area contributed by atoms with Crippen LogP contribution in [0.4, 0.5) is 23.7 Å². The highest BCUT2D eigenvalue weighted by molar-refractivity contribution is 9.09. The number of hydrogen-bond acceptors (Lipinski definition) is 1. The minimum Gasteiger partial charge on any atom is -0.294 e. The zero-order chi connectivity index (χ0) is 15.4. The van der Waals surface area contributed by atoms with Gasteiger partial charge in [-0.1, -0.05) is 15.9 Å². The van der Waals surface area contributed by atoms with Gasteiger partial charge in [-0.05, 0) is 60.5 Å². The molecule has 0 spiro atoms. The molecule has 1 amide bonds. The third kappa shape index (κ3) is 2.80. The van der Waals surface area contributed by atoms with Crippen LogP contribution < -0.4 is 4.90 Å². The van der Waals surface area contributed by atoms with E-state index in [2.05, 4.69) is 15.9 Å². The lowest BCUT2D eigenvalue weighted by molar-refractivity contribution is -0.137. The number of alkyl halides is 4. The van der Waals surface area contributed by atoms with Gasteiger partial charge in [0.05, 0.1) is 11.6 Å². The maximum atomic E-state index is 12.8. The highest BCUT2D eigenvalue weighted by atomic mass is 79.9. The molecule has 3 rings (SSSR count). The molecule has 0 saturated heterocycles. The Bertz CT molecular complexity index is 588. The number of amides is 1. The summed E-state index contributed by atoms with van der Waals surface area (Å²) in [4.78, 5) is 13.1. The SMILES string of the molecule is O=C(Cl)N1c2ccc(C(F)(F)F)cc2CC(Br)C1C1CC1. The summed E-state index contributed by atoms with van der Waals surface area (Å²) in [6.45, 7) is 0. The van der Waals surface area contributed by atoms with Crippen molar-refractivity contribution >= 4 is 38.6 Å². The third-order valence-corrected chi connectivity index (χ3v) is 5.09. The van der Waals surface area contributed by atoms with Crippen molar-refractivity contribution in [1.82, 2.24) is 0 Å². The molecule has 114 valence electrons. The Hall–Kier alpha value is -0.750. The molecule has 0 bridgehead atoms. The van der Waals surface area contributed by atoms with E-state index in [1.807, 2.05) is 0 Å². The lowest BCUT2D eigenvalue weighted by atomic mass is 9.92. The number of anilines is 1. The molecule has 0 aromatic heterocycles. The fourth-order valence-electron chi connectivity index (χ4n) is 2.97. The van der Waals surface area contributed by atoms with Crippen molar-refractivity contribution in [2.24, 2.45) is 5.92 Å². The summed E-state index contributed by atoms with van der Waals surface area (Å²) in [6.07, 6.45) is -1.89. The fraction of sp³-hybridized carbons (Fsp3) is 0.500. The van der Waals surface area contributed by atoms with Gasteiger partial charge < -0.3 is 0 Å². The van der Waals surface area contributed by atoms with Crippen molar-refractivity contribution < 1.29 is 18.0 Å². The second-order valence-electron chi connectivity index (χ2n) is 5.51. The molecule has 2 unspecified atom stereocenters. The van der Waals surface area contributed by atoms with E-state index in [9.17, 15) is 18.0 Å². The lowest BCUT2D eigenvalue weighted by Gasteiger charge is -2.39. The first-order valence-corrected chi connectivity index (χ1v) is 7.91. The normalized spacial score (nSPS) is 25.7. The molecule has 1 heterocycles. The van der Waals surface area contributed by atoms with Gasteiger partial charge in [0.1, 0.15) is 0 Å². The number of nitrogens with zero attached hydrogens (tertiary/aromatic N) is 1. The standard InChI is InChI=1S/C14H12BrClF3NO/c15-10-6-8-5-9(14(17,18)19)3-4-11(8)20(13(16)21)12(10)7-1-2-7/h3-5,7,10,12H,1-2,6H2. The topological polar surface area (TPSA) is 20.3 Å². The largest absolute Gasteiger partial charge is 0.416 e. The van der Waals surface area contributed by atoms with Crippen LogP contribution in [0.15, 0.2) is 18.2 Å². The summed E-state index contributed by atoms with van der Waals surface area (Å²) in [5.41, 5.74) is 0.293. The molecule has 2 aliphatic rings. The molecule has 0 N–H and O–H groups in total. The van der Waals surface area contributed by atoms with E-state index in [1.165, 1.54) is 11.0 Å². The van der Waals surface area contributed by atoms with Gasteiger partial charge in [-0.15, -0.1) is 0 Å². The number of benzene rings is 1. The van der Waals surface area contributed by atoms with Crippen LogP contribution in [-0.2, 0) is 12.6 Å². The van der Waals surface area contributed by atoms with Crippen LogP contribution in [0.5, 0.6) is 0 Å².